The molecule has 2 heterocycles. The molecule has 4 heteroatoms. The molecule has 0 unspecified atom stereocenters. The quantitative estimate of drug-likeness (QED) is 0.776. The molecule has 0 amide bonds. The van der Waals surface area contributed by atoms with E-state index in [2.05, 4.69) is 4.98 Å². The van der Waals surface area contributed by atoms with Crippen LogP contribution in [0.3, 0.4) is 0 Å². The van der Waals surface area contributed by atoms with E-state index in [1.54, 1.807) is 0 Å². The van der Waals surface area contributed by atoms with E-state index < -0.39 is 0 Å². The van der Waals surface area contributed by atoms with Crippen molar-refractivity contribution < 1.29 is 9.53 Å². The molecule has 0 aliphatic rings. The van der Waals surface area contributed by atoms with E-state index in [1.165, 1.54) is 0 Å². The van der Waals surface area contributed by atoms with Crippen LogP contribution in [-0.2, 0) is 16.1 Å². The van der Waals surface area contributed by atoms with Gasteiger partial charge < -0.3 is 9.14 Å². The summed E-state index contributed by atoms with van der Waals surface area (Å²) in [5.41, 5.74) is 2.73. The molecule has 2 aromatic rings. The van der Waals surface area contributed by atoms with Crippen LogP contribution in [0.2, 0.25) is 0 Å². The van der Waals surface area contributed by atoms with E-state index in [-0.39, 0.29) is 18.5 Å². The molecule has 0 N–H and O–H groups in total. The Kier molecular flexibility index (Phi) is 4.20. The molecule has 0 atom stereocenters. The van der Waals surface area contributed by atoms with E-state index in [4.69, 9.17) is 4.74 Å². The lowest BCUT2D eigenvalue weighted by molar-refractivity contribution is -0.150. The second kappa shape index (κ2) is 5.87. The lowest BCUT2D eigenvalue weighted by Gasteiger charge is -2.12. The first kappa shape index (κ1) is 13.6. The molecule has 0 bridgehead atoms. The van der Waals surface area contributed by atoms with Crippen molar-refractivity contribution in [3.05, 3.63) is 35.8 Å². The summed E-state index contributed by atoms with van der Waals surface area (Å²) >= 11 is 0. The van der Waals surface area contributed by atoms with Crippen molar-refractivity contribution in [3.63, 3.8) is 0 Å². The third kappa shape index (κ3) is 2.78. The highest BCUT2D eigenvalue weighted by Crippen LogP contribution is 2.15. The van der Waals surface area contributed by atoms with Gasteiger partial charge in [-0.1, -0.05) is 19.9 Å². The number of ether oxygens (including phenoxy) is 1. The number of carbonyl (C=O) groups is 1. The smallest absolute Gasteiger partial charge is 0.309 e. The zero-order valence-corrected chi connectivity index (χ0v) is 11.7. The molecule has 19 heavy (non-hydrogen) atoms. The van der Waals surface area contributed by atoms with Gasteiger partial charge in [-0.3, -0.25) is 4.79 Å². The minimum atomic E-state index is -0.115. The summed E-state index contributed by atoms with van der Waals surface area (Å²) in [7, 11) is 0. The molecular formula is C15H20N2O2. The molecule has 0 saturated heterocycles. The maximum atomic E-state index is 11.9. The predicted molar refractivity (Wildman–Crippen MR) is 73.8 cm³/mol. The van der Waals surface area contributed by atoms with Gasteiger partial charge in [-0.15, -0.1) is 0 Å². The molecule has 0 spiro atoms. The predicted octanol–water partition coefficient (Wildman–Crippen LogP) is 3.12. The normalized spacial score (nSPS) is 11.2. The second-order valence-corrected chi connectivity index (χ2v) is 4.69. The fraction of sp³-hybridized carbons (Fsp3) is 0.467. The molecule has 2 rings (SSSR count). The summed E-state index contributed by atoms with van der Waals surface area (Å²) in [5.74, 6) is -0.116. The van der Waals surface area contributed by atoms with Crippen LogP contribution < -0.4 is 0 Å². The SMILES string of the molecule is CCC(CC)C(=O)OCc1c(C)nc2ccccn12. The summed E-state index contributed by atoms with van der Waals surface area (Å²) in [6, 6.07) is 5.83. The lowest BCUT2D eigenvalue weighted by atomic mass is 10.0. The molecule has 4 nitrogen and oxygen atoms in total. The lowest BCUT2D eigenvalue weighted by Crippen LogP contribution is -2.16. The summed E-state index contributed by atoms with van der Waals surface area (Å²) in [6.45, 7) is 6.24. The fourth-order valence-corrected chi connectivity index (χ4v) is 2.22. The van der Waals surface area contributed by atoms with Gasteiger partial charge in [-0.25, -0.2) is 4.98 Å². The molecule has 0 saturated carbocycles. The van der Waals surface area contributed by atoms with Crippen molar-refractivity contribution >= 4 is 11.6 Å². The Balaban J connectivity index is 2.14. The Bertz CT molecular complexity index is 571. The summed E-state index contributed by atoms with van der Waals surface area (Å²) < 4.78 is 7.39. The number of hydrogen-bond donors (Lipinski definition) is 0. The fourth-order valence-electron chi connectivity index (χ4n) is 2.22. The van der Waals surface area contributed by atoms with Crippen molar-refractivity contribution in [2.24, 2.45) is 5.92 Å². The minimum absolute atomic E-state index is 0.000471. The van der Waals surface area contributed by atoms with Crippen molar-refractivity contribution in [2.45, 2.75) is 40.2 Å². The Labute approximate surface area is 113 Å². The number of hydrogen-bond acceptors (Lipinski definition) is 3. The van der Waals surface area contributed by atoms with Gasteiger partial charge in [0.05, 0.1) is 17.3 Å². The van der Waals surface area contributed by atoms with E-state index in [9.17, 15) is 4.79 Å². The third-order valence-electron chi connectivity index (χ3n) is 3.50. The van der Waals surface area contributed by atoms with Crippen molar-refractivity contribution in [1.82, 2.24) is 9.38 Å². The van der Waals surface area contributed by atoms with Crippen LogP contribution in [0.15, 0.2) is 24.4 Å². The number of imidazole rings is 1. The molecule has 2 aromatic heterocycles. The number of aryl methyl sites for hydroxylation is 1. The maximum absolute atomic E-state index is 11.9. The van der Waals surface area contributed by atoms with E-state index in [0.717, 1.165) is 29.9 Å². The van der Waals surface area contributed by atoms with Crippen molar-refractivity contribution in [1.29, 1.82) is 0 Å². The monoisotopic (exact) mass is 260 g/mol. The molecule has 0 aliphatic carbocycles. The van der Waals surface area contributed by atoms with E-state index >= 15 is 0 Å². The Hall–Kier alpha value is -1.84. The standard InChI is InChI=1S/C15H20N2O2/c1-4-12(5-2)15(18)19-10-13-11(3)16-14-8-6-7-9-17(13)14/h6-9,12H,4-5,10H2,1-3H3. The van der Waals surface area contributed by atoms with Crippen LogP contribution >= 0.6 is 0 Å². The van der Waals surface area contributed by atoms with Gasteiger partial charge in [0.1, 0.15) is 12.3 Å². The molecule has 0 aromatic carbocycles. The second-order valence-electron chi connectivity index (χ2n) is 4.69. The van der Waals surface area contributed by atoms with Gasteiger partial charge in [0.25, 0.3) is 0 Å². The Morgan fingerprint density at radius 1 is 1.37 bits per heavy atom. The number of pyridine rings is 1. The number of nitrogens with zero attached hydrogens (tertiary/aromatic N) is 2. The van der Waals surface area contributed by atoms with Gasteiger partial charge in [0.15, 0.2) is 0 Å². The van der Waals surface area contributed by atoms with Gasteiger partial charge in [0.2, 0.25) is 0 Å². The van der Waals surface area contributed by atoms with Gasteiger partial charge >= 0.3 is 5.97 Å². The summed E-state index contributed by atoms with van der Waals surface area (Å²) in [6.07, 6.45) is 3.58. The van der Waals surface area contributed by atoms with Crippen LogP contribution in [0.4, 0.5) is 0 Å². The van der Waals surface area contributed by atoms with Crippen LogP contribution in [0.1, 0.15) is 38.1 Å². The number of carbonyl (C=O) groups excluding carboxylic acids is 1. The molecule has 0 aliphatic heterocycles. The van der Waals surface area contributed by atoms with Gasteiger partial charge in [0, 0.05) is 6.20 Å². The number of esters is 1. The van der Waals surface area contributed by atoms with Crippen LogP contribution in [0.5, 0.6) is 0 Å². The number of aromatic nitrogens is 2. The third-order valence-corrected chi connectivity index (χ3v) is 3.50. The molecule has 0 fully saturated rings. The van der Waals surface area contributed by atoms with Gasteiger partial charge in [-0.05, 0) is 31.9 Å². The number of rotatable bonds is 5. The minimum Gasteiger partial charge on any atom is -0.459 e. The highest BCUT2D eigenvalue weighted by Gasteiger charge is 2.17. The van der Waals surface area contributed by atoms with Crippen molar-refractivity contribution in [3.8, 4) is 0 Å². The maximum Gasteiger partial charge on any atom is 0.309 e. The Morgan fingerprint density at radius 3 is 2.79 bits per heavy atom. The molecule has 0 radical (unpaired) electrons. The largest absolute Gasteiger partial charge is 0.459 e. The van der Waals surface area contributed by atoms with Crippen LogP contribution in [0, 0.1) is 12.8 Å². The van der Waals surface area contributed by atoms with E-state index in [0.29, 0.717) is 0 Å². The highest BCUT2D eigenvalue weighted by molar-refractivity contribution is 5.72. The average molecular weight is 260 g/mol. The van der Waals surface area contributed by atoms with E-state index in [1.807, 2.05) is 49.6 Å². The zero-order valence-electron chi connectivity index (χ0n) is 11.7. The first-order valence-corrected chi connectivity index (χ1v) is 6.76. The summed E-state index contributed by atoms with van der Waals surface area (Å²) in [5, 5.41) is 0. The van der Waals surface area contributed by atoms with Crippen LogP contribution in [-0.4, -0.2) is 15.4 Å². The van der Waals surface area contributed by atoms with Gasteiger partial charge in [-0.2, -0.15) is 0 Å². The van der Waals surface area contributed by atoms with Crippen LogP contribution in [0.25, 0.3) is 5.65 Å². The topological polar surface area (TPSA) is 43.6 Å². The first-order valence-electron chi connectivity index (χ1n) is 6.76. The summed E-state index contributed by atoms with van der Waals surface area (Å²) in [4.78, 5) is 16.3. The van der Waals surface area contributed by atoms with Crippen molar-refractivity contribution in [2.75, 3.05) is 0 Å². The first-order chi connectivity index (χ1) is 9.17. The molecule has 102 valence electrons. The highest BCUT2D eigenvalue weighted by atomic mass is 16.5. The average Bonchev–Trinajstić information content (AvgIpc) is 2.73. The number of fused-ring (bicyclic) bond motifs is 1. The zero-order chi connectivity index (χ0) is 13.8. The molecular weight excluding hydrogens is 240 g/mol. The Morgan fingerprint density at radius 2 is 2.11 bits per heavy atom.